The molecule has 2 amide bonds. The van der Waals surface area contributed by atoms with Crippen LogP contribution in [-0.4, -0.2) is 16.8 Å². The standard InChI is InChI=1S/C19H21N3O2S/c1-3-16(23)20-10-13-4-6-14(7-5-13)11-21-18(24)17-12(2)22-19(25-17)15-8-9-15/h3-7,15H,1,8-11H2,2H3,(H,20,23)(H,21,24). The van der Waals surface area contributed by atoms with Gasteiger partial charge in [-0.2, -0.15) is 0 Å². The van der Waals surface area contributed by atoms with E-state index in [4.69, 9.17) is 0 Å². The predicted octanol–water partition coefficient (Wildman–Crippen LogP) is 3.06. The molecule has 0 saturated heterocycles. The number of hydrogen-bond donors (Lipinski definition) is 2. The van der Waals surface area contributed by atoms with Crippen LogP contribution in [0, 0.1) is 6.92 Å². The molecule has 5 nitrogen and oxygen atoms in total. The second kappa shape index (κ2) is 7.61. The van der Waals surface area contributed by atoms with Crippen molar-refractivity contribution in [1.82, 2.24) is 15.6 Å². The fourth-order valence-electron chi connectivity index (χ4n) is 2.43. The van der Waals surface area contributed by atoms with Crippen LogP contribution >= 0.6 is 11.3 Å². The first-order valence-electron chi connectivity index (χ1n) is 8.30. The fraction of sp³-hybridized carbons (Fsp3) is 0.316. The molecule has 0 atom stereocenters. The van der Waals surface area contributed by atoms with Crippen LogP contribution in [0.5, 0.6) is 0 Å². The Morgan fingerprint density at radius 1 is 1.20 bits per heavy atom. The molecule has 1 aromatic carbocycles. The van der Waals surface area contributed by atoms with Gasteiger partial charge in [-0.05, 0) is 37.0 Å². The van der Waals surface area contributed by atoms with Crippen molar-refractivity contribution in [2.45, 2.75) is 38.8 Å². The SMILES string of the molecule is C=CC(=O)NCc1ccc(CNC(=O)c2sc(C3CC3)nc2C)cc1. The molecule has 1 fully saturated rings. The number of carbonyl (C=O) groups excluding carboxylic acids is 2. The molecule has 0 aliphatic heterocycles. The van der Waals surface area contributed by atoms with E-state index in [1.54, 1.807) is 0 Å². The first-order valence-corrected chi connectivity index (χ1v) is 9.12. The van der Waals surface area contributed by atoms with E-state index in [-0.39, 0.29) is 11.8 Å². The van der Waals surface area contributed by atoms with E-state index >= 15 is 0 Å². The Morgan fingerprint density at radius 3 is 2.36 bits per heavy atom. The van der Waals surface area contributed by atoms with Crippen molar-refractivity contribution in [2.24, 2.45) is 0 Å². The van der Waals surface area contributed by atoms with Crippen LogP contribution in [0.1, 0.15) is 50.3 Å². The van der Waals surface area contributed by atoms with Crippen molar-refractivity contribution in [3.8, 4) is 0 Å². The van der Waals surface area contributed by atoms with Crippen molar-refractivity contribution < 1.29 is 9.59 Å². The van der Waals surface area contributed by atoms with Crippen molar-refractivity contribution in [1.29, 1.82) is 0 Å². The Morgan fingerprint density at radius 2 is 1.80 bits per heavy atom. The van der Waals surface area contributed by atoms with Gasteiger partial charge in [-0.1, -0.05) is 30.8 Å². The molecule has 25 heavy (non-hydrogen) atoms. The van der Waals surface area contributed by atoms with E-state index in [1.807, 2.05) is 31.2 Å². The molecule has 0 unspecified atom stereocenters. The molecule has 1 aliphatic rings. The molecule has 1 aromatic heterocycles. The van der Waals surface area contributed by atoms with Gasteiger partial charge in [0.2, 0.25) is 5.91 Å². The number of nitrogens with one attached hydrogen (secondary N) is 2. The van der Waals surface area contributed by atoms with Crippen LogP contribution in [0.3, 0.4) is 0 Å². The van der Waals surface area contributed by atoms with Crippen molar-refractivity contribution in [3.05, 3.63) is 63.6 Å². The Balaban J connectivity index is 1.53. The van der Waals surface area contributed by atoms with E-state index in [9.17, 15) is 9.59 Å². The zero-order chi connectivity index (χ0) is 17.8. The van der Waals surface area contributed by atoms with Gasteiger partial charge in [0, 0.05) is 19.0 Å². The van der Waals surface area contributed by atoms with Crippen LogP contribution in [-0.2, 0) is 17.9 Å². The third-order valence-electron chi connectivity index (χ3n) is 4.07. The summed E-state index contributed by atoms with van der Waals surface area (Å²) in [7, 11) is 0. The van der Waals surface area contributed by atoms with Gasteiger partial charge in [-0.15, -0.1) is 11.3 Å². The smallest absolute Gasteiger partial charge is 0.263 e. The van der Waals surface area contributed by atoms with E-state index in [1.165, 1.54) is 30.3 Å². The zero-order valence-corrected chi connectivity index (χ0v) is 15.0. The highest BCUT2D eigenvalue weighted by Crippen LogP contribution is 2.42. The van der Waals surface area contributed by atoms with Gasteiger partial charge in [0.15, 0.2) is 0 Å². The monoisotopic (exact) mass is 355 g/mol. The Bertz CT molecular complexity index is 792. The summed E-state index contributed by atoms with van der Waals surface area (Å²) in [5.74, 6) is 0.311. The van der Waals surface area contributed by atoms with Crippen LogP contribution in [0.2, 0.25) is 0 Å². The summed E-state index contributed by atoms with van der Waals surface area (Å²) in [6, 6.07) is 7.78. The van der Waals surface area contributed by atoms with Gasteiger partial charge in [0.1, 0.15) is 4.88 Å². The molecule has 1 heterocycles. The van der Waals surface area contributed by atoms with Crippen molar-refractivity contribution in [3.63, 3.8) is 0 Å². The molecule has 0 spiro atoms. The van der Waals surface area contributed by atoms with Gasteiger partial charge in [0.05, 0.1) is 10.7 Å². The lowest BCUT2D eigenvalue weighted by Gasteiger charge is -2.06. The maximum atomic E-state index is 12.4. The van der Waals surface area contributed by atoms with E-state index in [0.717, 1.165) is 21.8 Å². The van der Waals surface area contributed by atoms with Crippen LogP contribution in [0.4, 0.5) is 0 Å². The predicted molar refractivity (Wildman–Crippen MR) is 98.5 cm³/mol. The summed E-state index contributed by atoms with van der Waals surface area (Å²) < 4.78 is 0. The maximum absolute atomic E-state index is 12.4. The van der Waals surface area contributed by atoms with Crippen LogP contribution < -0.4 is 10.6 Å². The molecule has 2 N–H and O–H groups in total. The number of aromatic nitrogens is 1. The molecule has 130 valence electrons. The zero-order valence-electron chi connectivity index (χ0n) is 14.2. The molecule has 0 bridgehead atoms. The summed E-state index contributed by atoms with van der Waals surface area (Å²) >= 11 is 1.52. The third-order valence-corrected chi connectivity index (χ3v) is 5.39. The van der Waals surface area contributed by atoms with Gasteiger partial charge in [0.25, 0.3) is 5.91 Å². The first kappa shape index (κ1) is 17.4. The summed E-state index contributed by atoms with van der Waals surface area (Å²) in [5.41, 5.74) is 2.83. The average Bonchev–Trinajstić information content (AvgIpc) is 3.40. The Kier molecular flexibility index (Phi) is 5.28. The molecular formula is C19H21N3O2S. The minimum atomic E-state index is -0.193. The topological polar surface area (TPSA) is 71.1 Å². The Labute approximate surface area is 151 Å². The normalized spacial score (nSPS) is 13.3. The number of nitrogens with zero attached hydrogens (tertiary/aromatic N) is 1. The van der Waals surface area contributed by atoms with Crippen molar-refractivity contribution in [2.75, 3.05) is 0 Å². The minimum Gasteiger partial charge on any atom is -0.348 e. The lowest BCUT2D eigenvalue weighted by molar-refractivity contribution is -0.116. The number of hydrogen-bond acceptors (Lipinski definition) is 4. The lowest BCUT2D eigenvalue weighted by atomic mass is 10.1. The van der Waals surface area contributed by atoms with Gasteiger partial charge >= 0.3 is 0 Å². The van der Waals surface area contributed by atoms with Gasteiger partial charge in [-0.3, -0.25) is 9.59 Å². The Hall–Kier alpha value is -2.47. The van der Waals surface area contributed by atoms with Crippen LogP contribution in [0.25, 0.3) is 0 Å². The molecule has 1 saturated carbocycles. The number of amides is 2. The molecule has 0 radical (unpaired) electrons. The average molecular weight is 355 g/mol. The molecule has 2 aromatic rings. The summed E-state index contributed by atoms with van der Waals surface area (Å²) in [6.07, 6.45) is 3.63. The number of carbonyl (C=O) groups is 2. The summed E-state index contributed by atoms with van der Waals surface area (Å²) in [6.45, 7) is 6.24. The second-order valence-electron chi connectivity index (χ2n) is 6.16. The highest BCUT2D eigenvalue weighted by molar-refractivity contribution is 7.13. The molecule has 3 rings (SSSR count). The van der Waals surface area contributed by atoms with Crippen molar-refractivity contribution >= 4 is 23.2 Å². The number of benzene rings is 1. The van der Waals surface area contributed by atoms with E-state index in [2.05, 4.69) is 22.2 Å². The van der Waals surface area contributed by atoms with E-state index < -0.39 is 0 Å². The molecule has 1 aliphatic carbocycles. The van der Waals surface area contributed by atoms with Gasteiger partial charge < -0.3 is 10.6 Å². The fourth-order valence-corrected chi connectivity index (χ4v) is 3.58. The maximum Gasteiger partial charge on any atom is 0.263 e. The quantitative estimate of drug-likeness (QED) is 0.750. The first-order chi connectivity index (χ1) is 12.1. The third kappa shape index (κ3) is 4.54. The lowest BCUT2D eigenvalue weighted by Crippen LogP contribution is -2.22. The highest BCUT2D eigenvalue weighted by Gasteiger charge is 2.28. The van der Waals surface area contributed by atoms with Gasteiger partial charge in [-0.25, -0.2) is 4.98 Å². The highest BCUT2D eigenvalue weighted by atomic mass is 32.1. The summed E-state index contributed by atoms with van der Waals surface area (Å²) in [4.78, 5) is 28.8. The number of rotatable bonds is 7. The van der Waals surface area contributed by atoms with E-state index in [0.29, 0.717) is 23.9 Å². The molecule has 6 heteroatoms. The largest absolute Gasteiger partial charge is 0.348 e. The second-order valence-corrected chi connectivity index (χ2v) is 7.19. The van der Waals surface area contributed by atoms with Crippen LogP contribution in [0.15, 0.2) is 36.9 Å². The number of aryl methyl sites for hydroxylation is 1. The minimum absolute atomic E-state index is 0.0655. The number of thiazole rings is 1. The molecular weight excluding hydrogens is 334 g/mol. The summed E-state index contributed by atoms with van der Waals surface area (Å²) in [5, 5.41) is 6.78.